The molecule has 4 aromatic carbocycles. The minimum absolute atomic E-state index is 0.00323. The first-order valence-corrected chi connectivity index (χ1v) is 12.4. The first-order valence-electron chi connectivity index (χ1n) is 12.0. The second-order valence-corrected chi connectivity index (χ2v) is 9.16. The van der Waals surface area contributed by atoms with E-state index in [1.54, 1.807) is 61.7 Å². The summed E-state index contributed by atoms with van der Waals surface area (Å²) < 4.78 is 22.4. The number of carbonyl (C=O) groups is 1. The maximum atomic E-state index is 12.8. The number of hydrogen-bond acceptors (Lipinski definition) is 7. The van der Waals surface area contributed by atoms with Crippen LogP contribution in [-0.4, -0.2) is 13.1 Å². The van der Waals surface area contributed by atoms with Gasteiger partial charge in [-0.25, -0.2) is 4.79 Å². The zero-order valence-electron chi connectivity index (χ0n) is 20.9. The zero-order chi connectivity index (χ0) is 27.4. The van der Waals surface area contributed by atoms with Gasteiger partial charge in [0.2, 0.25) is 5.88 Å². The molecule has 0 aromatic heterocycles. The van der Waals surface area contributed by atoms with Crippen molar-refractivity contribution in [2.75, 3.05) is 7.11 Å². The molecule has 1 heterocycles. The Morgan fingerprint density at radius 1 is 0.949 bits per heavy atom. The van der Waals surface area contributed by atoms with E-state index in [9.17, 15) is 10.1 Å². The number of nitriles is 1. The molecule has 194 valence electrons. The Morgan fingerprint density at radius 3 is 2.28 bits per heavy atom. The lowest BCUT2D eigenvalue weighted by atomic mass is 9.83. The zero-order valence-corrected chi connectivity index (χ0v) is 21.6. The smallest absolute Gasteiger partial charge is 0.343 e. The molecular formula is C31H23ClN2O5. The summed E-state index contributed by atoms with van der Waals surface area (Å²) in [6, 6.07) is 28.6. The summed E-state index contributed by atoms with van der Waals surface area (Å²) in [4.78, 5) is 12.8. The highest BCUT2D eigenvalue weighted by Gasteiger charge is 2.31. The maximum Gasteiger partial charge on any atom is 0.343 e. The van der Waals surface area contributed by atoms with Crippen LogP contribution in [0.2, 0.25) is 5.02 Å². The molecule has 1 atom stereocenters. The van der Waals surface area contributed by atoms with E-state index in [2.05, 4.69) is 6.07 Å². The number of nitrogens with two attached hydrogens (primary N) is 1. The van der Waals surface area contributed by atoms with Crippen molar-refractivity contribution in [1.29, 1.82) is 5.26 Å². The van der Waals surface area contributed by atoms with E-state index >= 15 is 0 Å². The minimum atomic E-state index is -0.539. The van der Waals surface area contributed by atoms with Crippen LogP contribution in [0.3, 0.4) is 0 Å². The van der Waals surface area contributed by atoms with Gasteiger partial charge in [-0.15, -0.1) is 0 Å². The Balaban J connectivity index is 1.30. The van der Waals surface area contributed by atoms with E-state index in [-0.39, 0.29) is 11.6 Å². The molecule has 0 aliphatic carbocycles. The molecule has 0 saturated carbocycles. The van der Waals surface area contributed by atoms with Crippen LogP contribution in [0.25, 0.3) is 0 Å². The number of methoxy groups -OCH3 is 1. The average molecular weight is 539 g/mol. The number of allylic oxidation sites excluding steroid dienone is 1. The normalized spacial score (nSPS) is 14.0. The van der Waals surface area contributed by atoms with Gasteiger partial charge < -0.3 is 24.7 Å². The van der Waals surface area contributed by atoms with Crippen LogP contribution in [0.4, 0.5) is 0 Å². The number of halogens is 1. The lowest BCUT2D eigenvalue weighted by molar-refractivity contribution is 0.0734. The minimum Gasteiger partial charge on any atom is -0.497 e. The molecule has 1 aliphatic rings. The summed E-state index contributed by atoms with van der Waals surface area (Å²) in [7, 11) is 1.59. The van der Waals surface area contributed by atoms with Gasteiger partial charge in [0.25, 0.3) is 0 Å². The molecular weight excluding hydrogens is 516 g/mol. The summed E-state index contributed by atoms with van der Waals surface area (Å²) in [5.74, 6) is 1.03. The summed E-state index contributed by atoms with van der Waals surface area (Å²) >= 11 is 5.91. The van der Waals surface area contributed by atoms with E-state index in [1.165, 1.54) is 0 Å². The van der Waals surface area contributed by atoms with Crippen LogP contribution < -0.4 is 24.7 Å². The fourth-order valence-electron chi connectivity index (χ4n) is 4.24. The molecule has 5 rings (SSSR count). The fourth-order valence-corrected chi connectivity index (χ4v) is 4.36. The van der Waals surface area contributed by atoms with Crippen molar-refractivity contribution in [2.24, 2.45) is 5.73 Å². The summed E-state index contributed by atoms with van der Waals surface area (Å²) in [5, 5.41) is 10.4. The molecule has 0 amide bonds. The van der Waals surface area contributed by atoms with Crippen molar-refractivity contribution < 1.29 is 23.7 Å². The first kappa shape index (κ1) is 25.7. The molecule has 4 aromatic rings. The second-order valence-electron chi connectivity index (χ2n) is 8.73. The number of fused-ring (bicyclic) bond motifs is 1. The molecule has 0 bridgehead atoms. The van der Waals surface area contributed by atoms with Crippen molar-refractivity contribution in [3.63, 3.8) is 0 Å². The SMILES string of the molecule is COc1ccc(C2C(C#N)=C(N)Oc3cc(OC(=O)c4ccc(OCc5ccc(Cl)cc5)cc4)ccc32)cc1. The van der Waals surface area contributed by atoms with Gasteiger partial charge >= 0.3 is 5.97 Å². The van der Waals surface area contributed by atoms with Crippen molar-refractivity contribution in [3.8, 4) is 29.1 Å². The number of nitrogens with zero attached hydrogens (tertiary/aromatic N) is 1. The highest BCUT2D eigenvalue weighted by molar-refractivity contribution is 6.30. The van der Waals surface area contributed by atoms with Crippen LogP contribution >= 0.6 is 11.6 Å². The predicted octanol–water partition coefficient (Wildman–Crippen LogP) is 6.36. The van der Waals surface area contributed by atoms with Crippen molar-refractivity contribution in [3.05, 3.63) is 130 Å². The lowest BCUT2D eigenvalue weighted by Gasteiger charge is -2.26. The van der Waals surface area contributed by atoms with Crippen molar-refractivity contribution in [1.82, 2.24) is 0 Å². The van der Waals surface area contributed by atoms with E-state index < -0.39 is 11.9 Å². The average Bonchev–Trinajstić information content (AvgIpc) is 2.96. The van der Waals surface area contributed by atoms with Gasteiger partial charge in [0.1, 0.15) is 41.2 Å². The topological polar surface area (TPSA) is 104 Å². The Labute approximate surface area is 230 Å². The summed E-state index contributed by atoms with van der Waals surface area (Å²) in [5.41, 5.74) is 9.31. The monoisotopic (exact) mass is 538 g/mol. The van der Waals surface area contributed by atoms with Crippen LogP contribution in [0.1, 0.15) is 33.0 Å². The lowest BCUT2D eigenvalue weighted by Crippen LogP contribution is -2.21. The van der Waals surface area contributed by atoms with Gasteiger partial charge in [0.15, 0.2) is 0 Å². The summed E-state index contributed by atoms with van der Waals surface area (Å²) in [6.45, 7) is 0.374. The number of carbonyl (C=O) groups excluding carboxylic acids is 1. The van der Waals surface area contributed by atoms with Gasteiger partial charge in [-0.1, -0.05) is 41.9 Å². The number of ether oxygens (including phenoxy) is 4. The third-order valence-electron chi connectivity index (χ3n) is 6.26. The molecule has 1 aliphatic heterocycles. The van der Waals surface area contributed by atoms with Gasteiger partial charge in [0.05, 0.1) is 18.6 Å². The molecule has 2 N–H and O–H groups in total. The van der Waals surface area contributed by atoms with Crippen molar-refractivity contribution in [2.45, 2.75) is 12.5 Å². The van der Waals surface area contributed by atoms with Gasteiger partial charge in [-0.05, 0) is 65.7 Å². The van der Waals surface area contributed by atoms with Crippen LogP contribution in [0.15, 0.2) is 102 Å². The highest BCUT2D eigenvalue weighted by Crippen LogP contribution is 2.43. The van der Waals surface area contributed by atoms with Crippen LogP contribution in [0.5, 0.6) is 23.0 Å². The van der Waals surface area contributed by atoms with Gasteiger partial charge in [-0.3, -0.25) is 0 Å². The fraction of sp³-hybridized carbons (Fsp3) is 0.0968. The molecule has 0 radical (unpaired) electrons. The van der Waals surface area contributed by atoms with Gasteiger partial charge in [-0.2, -0.15) is 5.26 Å². The molecule has 0 saturated heterocycles. The third-order valence-corrected chi connectivity index (χ3v) is 6.51. The number of esters is 1. The highest BCUT2D eigenvalue weighted by atomic mass is 35.5. The Hall–Kier alpha value is -4.93. The number of hydrogen-bond donors (Lipinski definition) is 1. The van der Waals surface area contributed by atoms with Crippen molar-refractivity contribution >= 4 is 17.6 Å². The van der Waals surface area contributed by atoms with E-state index in [0.29, 0.717) is 40.0 Å². The van der Waals surface area contributed by atoms with E-state index in [1.807, 2.05) is 36.4 Å². The largest absolute Gasteiger partial charge is 0.497 e. The Kier molecular flexibility index (Phi) is 7.39. The van der Waals surface area contributed by atoms with Crippen LogP contribution in [0, 0.1) is 11.3 Å². The molecule has 0 fully saturated rings. The third kappa shape index (κ3) is 5.66. The van der Waals surface area contributed by atoms with E-state index in [0.717, 1.165) is 16.7 Å². The molecule has 8 heteroatoms. The van der Waals surface area contributed by atoms with Gasteiger partial charge in [0, 0.05) is 16.7 Å². The Morgan fingerprint density at radius 2 is 1.62 bits per heavy atom. The number of benzene rings is 4. The predicted molar refractivity (Wildman–Crippen MR) is 146 cm³/mol. The second kappa shape index (κ2) is 11.2. The van der Waals surface area contributed by atoms with E-state index in [4.69, 9.17) is 36.3 Å². The molecule has 0 spiro atoms. The first-order chi connectivity index (χ1) is 18.9. The maximum absolute atomic E-state index is 12.8. The van der Waals surface area contributed by atoms with Crippen LogP contribution in [-0.2, 0) is 6.61 Å². The summed E-state index contributed by atoms with van der Waals surface area (Å²) in [6.07, 6.45) is 0. The molecule has 39 heavy (non-hydrogen) atoms. The molecule has 1 unspecified atom stereocenters. The Bertz CT molecular complexity index is 1570. The molecule has 7 nitrogen and oxygen atoms in total. The number of rotatable bonds is 7. The standard InChI is InChI=1S/C31H23ClN2O5/c1-36-23-10-4-20(5-11-23)29-26-15-14-25(16-28(26)39-30(34)27(29)17-33)38-31(35)21-6-12-24(13-7-21)37-18-19-2-8-22(32)9-3-19/h2-16,29H,18,34H2,1H3. The quantitative estimate of drug-likeness (QED) is 0.215.